The normalized spacial score (nSPS) is 16.0. The van der Waals surface area contributed by atoms with Crippen molar-refractivity contribution in [3.63, 3.8) is 0 Å². The van der Waals surface area contributed by atoms with E-state index in [1.165, 1.54) is 17.8 Å². The van der Waals surface area contributed by atoms with Gasteiger partial charge in [0.15, 0.2) is 0 Å². The summed E-state index contributed by atoms with van der Waals surface area (Å²) in [5.41, 5.74) is 3.38. The molecule has 29 heavy (non-hydrogen) atoms. The van der Waals surface area contributed by atoms with Crippen LogP contribution in [-0.2, 0) is 11.8 Å². The third-order valence-electron chi connectivity index (χ3n) is 4.62. The van der Waals surface area contributed by atoms with Gasteiger partial charge in [0, 0.05) is 48.9 Å². The fraction of sp³-hybridized carbons (Fsp3) is 0.174. The maximum absolute atomic E-state index is 11.3. The number of hydrogen-bond donors (Lipinski definition) is 3. The van der Waals surface area contributed by atoms with Crippen molar-refractivity contribution >= 4 is 16.8 Å². The molecule has 0 fully saturated rings. The van der Waals surface area contributed by atoms with Gasteiger partial charge in [0.2, 0.25) is 5.91 Å². The van der Waals surface area contributed by atoms with Crippen LogP contribution in [0.4, 0.5) is 0 Å². The topological polar surface area (TPSA) is 67.3 Å². The van der Waals surface area contributed by atoms with Crippen LogP contribution in [-0.4, -0.2) is 16.6 Å². The van der Waals surface area contributed by atoms with Gasteiger partial charge in [-0.2, -0.15) is 0 Å². The number of dihydropyridines is 1. The number of rotatable bonds is 7. The average Bonchev–Trinajstić information content (AvgIpc) is 3.05. The van der Waals surface area contributed by atoms with E-state index >= 15 is 0 Å². The SMILES string of the molecule is C=C/C=C(/NC1C=C(Oc2ccc3c(ccn3C)c2C)C=CN1)C(=C)NC(C)=O. The van der Waals surface area contributed by atoms with Gasteiger partial charge in [-0.3, -0.25) is 4.79 Å². The lowest BCUT2D eigenvalue weighted by atomic mass is 10.1. The number of amides is 1. The highest BCUT2D eigenvalue weighted by Crippen LogP contribution is 2.29. The maximum Gasteiger partial charge on any atom is 0.221 e. The number of aryl methyl sites for hydroxylation is 2. The smallest absolute Gasteiger partial charge is 0.221 e. The van der Waals surface area contributed by atoms with Gasteiger partial charge in [0.1, 0.15) is 17.7 Å². The minimum absolute atomic E-state index is 0.186. The average molecular weight is 390 g/mol. The zero-order chi connectivity index (χ0) is 21.0. The first-order valence-corrected chi connectivity index (χ1v) is 9.32. The molecule has 0 saturated carbocycles. The summed E-state index contributed by atoms with van der Waals surface area (Å²) in [4.78, 5) is 11.3. The highest BCUT2D eigenvalue weighted by Gasteiger charge is 2.14. The number of nitrogens with one attached hydrogen (secondary N) is 3. The fourth-order valence-electron chi connectivity index (χ4n) is 3.17. The highest BCUT2D eigenvalue weighted by atomic mass is 16.5. The molecule has 1 atom stereocenters. The lowest BCUT2D eigenvalue weighted by Gasteiger charge is -2.24. The summed E-state index contributed by atoms with van der Waals surface area (Å²) in [6.45, 7) is 11.1. The predicted molar refractivity (Wildman–Crippen MR) is 117 cm³/mol. The van der Waals surface area contributed by atoms with Crippen LogP contribution in [0.2, 0.25) is 0 Å². The molecule has 2 heterocycles. The number of ether oxygens (including phenoxy) is 1. The second kappa shape index (κ2) is 8.56. The molecular weight excluding hydrogens is 364 g/mol. The summed E-state index contributed by atoms with van der Waals surface area (Å²) in [5, 5.41) is 10.3. The summed E-state index contributed by atoms with van der Waals surface area (Å²) >= 11 is 0. The van der Waals surface area contributed by atoms with Gasteiger partial charge in [0.25, 0.3) is 0 Å². The molecule has 6 nitrogen and oxygen atoms in total. The Balaban J connectivity index is 1.77. The third-order valence-corrected chi connectivity index (χ3v) is 4.62. The van der Waals surface area contributed by atoms with Gasteiger partial charge >= 0.3 is 0 Å². The number of carbonyl (C=O) groups excluding carboxylic acids is 1. The molecule has 1 unspecified atom stereocenters. The van der Waals surface area contributed by atoms with E-state index in [0.717, 1.165) is 11.3 Å². The monoisotopic (exact) mass is 390 g/mol. The number of nitrogens with zero attached hydrogens (tertiary/aromatic N) is 1. The quantitative estimate of drug-likeness (QED) is 0.633. The number of aromatic nitrogens is 1. The Morgan fingerprint density at radius 3 is 2.86 bits per heavy atom. The van der Waals surface area contributed by atoms with Crippen LogP contribution in [0.25, 0.3) is 10.9 Å². The second-order valence-corrected chi connectivity index (χ2v) is 6.82. The number of carbonyl (C=O) groups is 1. The van der Waals surface area contributed by atoms with Gasteiger partial charge in [-0.1, -0.05) is 19.2 Å². The Kier molecular flexibility index (Phi) is 5.93. The van der Waals surface area contributed by atoms with E-state index in [0.29, 0.717) is 17.2 Å². The molecule has 3 N–H and O–H groups in total. The second-order valence-electron chi connectivity index (χ2n) is 6.82. The minimum atomic E-state index is -0.243. The van der Waals surface area contributed by atoms with Crippen molar-refractivity contribution in [3.8, 4) is 5.75 Å². The van der Waals surface area contributed by atoms with Gasteiger partial charge in [-0.05, 0) is 37.3 Å². The predicted octanol–water partition coefficient (Wildman–Crippen LogP) is 3.50. The molecule has 3 rings (SSSR count). The van der Waals surface area contributed by atoms with Gasteiger partial charge in [-0.25, -0.2) is 0 Å². The van der Waals surface area contributed by atoms with Crippen LogP contribution in [0.3, 0.4) is 0 Å². The van der Waals surface area contributed by atoms with Gasteiger partial charge in [0.05, 0.1) is 11.4 Å². The Hall–Kier alpha value is -3.67. The van der Waals surface area contributed by atoms with Crippen LogP contribution in [0, 0.1) is 6.92 Å². The lowest BCUT2D eigenvalue weighted by molar-refractivity contribution is -0.118. The van der Waals surface area contributed by atoms with Crippen molar-refractivity contribution in [3.05, 3.63) is 90.8 Å². The molecule has 1 aliphatic heterocycles. The van der Waals surface area contributed by atoms with Gasteiger partial charge in [-0.15, -0.1) is 0 Å². The standard InChI is InChI=1S/C23H26N4O2/c1-6-7-20(16(3)25-17(4)28)26-23-14-18(10-12-24-23)29-22-9-8-21-19(15(22)2)11-13-27(21)5/h6-14,23-24,26H,1,3H2,2,4-5H3,(H,25,28)/b20-7+. The molecule has 0 radical (unpaired) electrons. The molecular formula is C23H26N4O2. The van der Waals surface area contributed by atoms with Crippen molar-refractivity contribution < 1.29 is 9.53 Å². The fourth-order valence-corrected chi connectivity index (χ4v) is 3.17. The minimum Gasteiger partial charge on any atom is -0.457 e. The van der Waals surface area contributed by atoms with E-state index in [1.54, 1.807) is 12.2 Å². The van der Waals surface area contributed by atoms with Crippen LogP contribution < -0.4 is 20.7 Å². The number of hydrogen-bond acceptors (Lipinski definition) is 4. The Labute approximate surface area is 170 Å². The zero-order valence-electron chi connectivity index (χ0n) is 17.0. The summed E-state index contributed by atoms with van der Waals surface area (Å²) in [7, 11) is 2.03. The van der Waals surface area contributed by atoms with Crippen molar-refractivity contribution in [2.45, 2.75) is 20.0 Å². The van der Waals surface area contributed by atoms with Crippen LogP contribution >= 0.6 is 0 Å². The van der Waals surface area contributed by atoms with Crippen LogP contribution in [0.1, 0.15) is 12.5 Å². The van der Waals surface area contributed by atoms with E-state index in [4.69, 9.17) is 4.74 Å². The van der Waals surface area contributed by atoms with Crippen LogP contribution in [0.15, 0.2) is 85.2 Å². The highest BCUT2D eigenvalue weighted by molar-refractivity contribution is 5.85. The lowest BCUT2D eigenvalue weighted by Crippen LogP contribution is -2.41. The molecule has 150 valence electrons. The first kappa shape index (κ1) is 20.1. The van der Waals surface area contributed by atoms with E-state index < -0.39 is 0 Å². The van der Waals surface area contributed by atoms with E-state index in [1.807, 2.05) is 37.7 Å². The maximum atomic E-state index is 11.3. The number of allylic oxidation sites excluding steroid dienone is 3. The van der Waals surface area contributed by atoms with Crippen molar-refractivity contribution in [1.29, 1.82) is 0 Å². The molecule has 1 aliphatic rings. The summed E-state index contributed by atoms with van der Waals surface area (Å²) < 4.78 is 8.24. The Morgan fingerprint density at radius 2 is 2.14 bits per heavy atom. The summed E-state index contributed by atoms with van der Waals surface area (Å²) in [6.07, 6.45) is 10.8. The molecule has 0 spiro atoms. The molecule has 0 aliphatic carbocycles. The van der Waals surface area contributed by atoms with E-state index in [-0.39, 0.29) is 12.1 Å². The zero-order valence-corrected chi connectivity index (χ0v) is 17.0. The Morgan fingerprint density at radius 1 is 1.34 bits per heavy atom. The molecule has 0 bridgehead atoms. The summed E-state index contributed by atoms with van der Waals surface area (Å²) in [5.74, 6) is 1.34. The van der Waals surface area contributed by atoms with Crippen LogP contribution in [0.5, 0.6) is 5.75 Å². The Bertz CT molecular complexity index is 1060. The first-order valence-electron chi connectivity index (χ1n) is 9.32. The van der Waals surface area contributed by atoms with E-state index in [2.05, 4.69) is 52.7 Å². The molecule has 2 aromatic rings. The number of benzene rings is 1. The largest absolute Gasteiger partial charge is 0.457 e. The van der Waals surface area contributed by atoms with Crippen molar-refractivity contribution in [2.75, 3.05) is 0 Å². The molecule has 6 heteroatoms. The van der Waals surface area contributed by atoms with E-state index in [9.17, 15) is 4.79 Å². The molecule has 1 aromatic heterocycles. The molecule has 1 amide bonds. The van der Waals surface area contributed by atoms with Crippen molar-refractivity contribution in [1.82, 2.24) is 20.5 Å². The third kappa shape index (κ3) is 4.60. The molecule has 1 aromatic carbocycles. The van der Waals surface area contributed by atoms with Crippen molar-refractivity contribution in [2.24, 2.45) is 7.05 Å². The first-order chi connectivity index (χ1) is 13.9. The number of fused-ring (bicyclic) bond motifs is 1. The molecule has 0 saturated heterocycles. The summed E-state index contributed by atoms with van der Waals surface area (Å²) in [6, 6.07) is 6.13. The van der Waals surface area contributed by atoms with Gasteiger partial charge < -0.3 is 25.3 Å².